The summed E-state index contributed by atoms with van der Waals surface area (Å²) in [7, 11) is 0. The molecule has 0 spiro atoms. The van der Waals surface area contributed by atoms with Gasteiger partial charge in [0.1, 0.15) is 0 Å². The van der Waals surface area contributed by atoms with Crippen LogP contribution in [0.3, 0.4) is 0 Å². The normalized spacial score (nSPS) is 10.8. The van der Waals surface area contributed by atoms with Crippen LogP contribution in [0.15, 0.2) is 24.5 Å². The van der Waals surface area contributed by atoms with Gasteiger partial charge < -0.3 is 19.4 Å². The van der Waals surface area contributed by atoms with E-state index in [2.05, 4.69) is 5.32 Å². The highest BCUT2D eigenvalue weighted by Gasteiger charge is 2.48. The summed E-state index contributed by atoms with van der Waals surface area (Å²) in [4.78, 5) is 35.2. The van der Waals surface area contributed by atoms with Crippen molar-refractivity contribution in [3.63, 3.8) is 0 Å². The van der Waals surface area contributed by atoms with Gasteiger partial charge in [0.15, 0.2) is 0 Å². The fraction of sp³-hybridized carbons (Fsp3) is 0.500. The Morgan fingerprint density at radius 2 is 1.67 bits per heavy atom. The molecule has 0 atom stereocenters. The molecule has 0 aliphatic carbocycles. The third kappa shape index (κ3) is 4.08. The van der Waals surface area contributed by atoms with E-state index in [4.69, 9.17) is 9.47 Å². The van der Waals surface area contributed by atoms with E-state index in [-0.39, 0.29) is 19.6 Å². The van der Waals surface area contributed by atoms with E-state index in [1.165, 1.54) is 0 Å². The topological polar surface area (TPSA) is 86.6 Å². The molecule has 0 fully saturated rings. The zero-order chi connectivity index (χ0) is 15.7. The molecule has 0 unspecified atom stereocenters. The summed E-state index contributed by atoms with van der Waals surface area (Å²) >= 11 is 0. The van der Waals surface area contributed by atoms with Gasteiger partial charge >= 0.3 is 11.9 Å². The second-order valence-electron chi connectivity index (χ2n) is 4.28. The second-order valence-corrected chi connectivity index (χ2v) is 4.28. The van der Waals surface area contributed by atoms with Crippen LogP contribution in [0.2, 0.25) is 0 Å². The minimum Gasteiger partial charge on any atom is -0.464 e. The Hall–Kier alpha value is -2.31. The minimum atomic E-state index is -1.82. The number of rotatable bonds is 9. The van der Waals surface area contributed by atoms with E-state index >= 15 is 0 Å². The number of hydrogen-bond acceptors (Lipinski definition) is 5. The van der Waals surface area contributed by atoms with Crippen molar-refractivity contribution in [1.29, 1.82) is 0 Å². The lowest BCUT2D eigenvalue weighted by Gasteiger charge is -2.28. The van der Waals surface area contributed by atoms with E-state index in [1.807, 2.05) is 12.1 Å². The highest BCUT2D eigenvalue weighted by atomic mass is 16.6. The lowest BCUT2D eigenvalue weighted by atomic mass is 9.95. The van der Waals surface area contributed by atoms with E-state index in [1.54, 1.807) is 30.8 Å². The number of nitrogens with one attached hydrogen (secondary N) is 1. The standard InChI is InChI=1S/C14H20N2O5/c1-3-20-12(18)14(15-11-17,13(19)21-4-2)7-10-16-8-5-6-9-16/h5-6,8-9,11H,3-4,7,10H2,1-2H3,(H,15,17). The summed E-state index contributed by atoms with van der Waals surface area (Å²) in [5, 5.41) is 2.28. The predicted octanol–water partition coefficient (Wildman–Crippen LogP) is 0.489. The summed E-state index contributed by atoms with van der Waals surface area (Å²) in [6, 6.07) is 3.65. The first-order valence-corrected chi connectivity index (χ1v) is 6.77. The largest absolute Gasteiger partial charge is 0.464 e. The quantitative estimate of drug-likeness (QED) is 0.407. The summed E-state index contributed by atoms with van der Waals surface area (Å²) < 4.78 is 11.6. The molecule has 0 bridgehead atoms. The Balaban J connectivity index is 3.00. The SMILES string of the molecule is CCOC(=O)C(CCn1cccc1)(NC=O)C(=O)OCC. The first-order valence-electron chi connectivity index (χ1n) is 6.77. The zero-order valence-electron chi connectivity index (χ0n) is 12.2. The highest BCUT2D eigenvalue weighted by molar-refractivity contribution is 6.06. The summed E-state index contributed by atoms with van der Waals surface area (Å²) in [5.74, 6) is -1.63. The second kappa shape index (κ2) is 8.08. The maximum absolute atomic E-state index is 12.2. The number of nitrogens with zero attached hydrogens (tertiary/aromatic N) is 1. The van der Waals surface area contributed by atoms with Crippen LogP contribution >= 0.6 is 0 Å². The number of carbonyl (C=O) groups is 3. The van der Waals surface area contributed by atoms with Crippen LogP contribution in [0.5, 0.6) is 0 Å². The van der Waals surface area contributed by atoms with Gasteiger partial charge in [0.25, 0.3) is 0 Å². The van der Waals surface area contributed by atoms with Gasteiger partial charge in [-0.3, -0.25) is 4.79 Å². The van der Waals surface area contributed by atoms with Gasteiger partial charge in [-0.25, -0.2) is 9.59 Å². The van der Waals surface area contributed by atoms with Crippen LogP contribution in [0.4, 0.5) is 0 Å². The molecule has 7 nitrogen and oxygen atoms in total. The molecule has 0 aliphatic heterocycles. The molecule has 0 radical (unpaired) electrons. The molecule has 116 valence electrons. The zero-order valence-corrected chi connectivity index (χ0v) is 12.2. The lowest BCUT2D eigenvalue weighted by molar-refractivity contribution is -0.167. The molecule has 1 aromatic rings. The van der Waals surface area contributed by atoms with Crippen molar-refractivity contribution in [3.8, 4) is 0 Å². The summed E-state index contributed by atoms with van der Waals surface area (Å²) in [6.45, 7) is 3.81. The van der Waals surface area contributed by atoms with E-state index in [9.17, 15) is 14.4 Å². The number of amides is 1. The average Bonchev–Trinajstić information content (AvgIpc) is 2.97. The molecule has 0 saturated carbocycles. The smallest absolute Gasteiger partial charge is 0.343 e. The lowest BCUT2D eigenvalue weighted by Crippen LogP contribution is -2.59. The van der Waals surface area contributed by atoms with Crippen LogP contribution < -0.4 is 5.32 Å². The van der Waals surface area contributed by atoms with Crippen LogP contribution in [-0.2, 0) is 30.4 Å². The Bertz CT molecular complexity index is 452. The highest BCUT2D eigenvalue weighted by Crippen LogP contribution is 2.17. The predicted molar refractivity (Wildman–Crippen MR) is 74.2 cm³/mol. The van der Waals surface area contributed by atoms with Crippen molar-refractivity contribution in [2.75, 3.05) is 13.2 Å². The molecule has 1 heterocycles. The Kier molecular flexibility index (Phi) is 6.45. The molecule has 1 N–H and O–H groups in total. The van der Waals surface area contributed by atoms with Crippen molar-refractivity contribution in [2.24, 2.45) is 0 Å². The fourth-order valence-electron chi connectivity index (χ4n) is 1.90. The molecule has 0 saturated heterocycles. The molecule has 0 aliphatic rings. The van der Waals surface area contributed by atoms with Gasteiger partial charge in [-0.05, 0) is 26.0 Å². The van der Waals surface area contributed by atoms with Crippen molar-refractivity contribution >= 4 is 18.3 Å². The minimum absolute atomic E-state index is 0.0398. The van der Waals surface area contributed by atoms with Crippen LogP contribution in [0, 0.1) is 0 Å². The maximum Gasteiger partial charge on any atom is 0.343 e. The molecule has 1 rings (SSSR count). The number of hydrogen-bond donors (Lipinski definition) is 1. The molecule has 1 aromatic heterocycles. The molecule has 7 heteroatoms. The Morgan fingerprint density at radius 3 is 2.10 bits per heavy atom. The molecular formula is C14H20N2O5. The Morgan fingerprint density at radius 1 is 1.14 bits per heavy atom. The number of carbonyl (C=O) groups excluding carboxylic acids is 3. The van der Waals surface area contributed by atoms with Crippen molar-refractivity contribution in [2.45, 2.75) is 32.4 Å². The number of aromatic nitrogens is 1. The van der Waals surface area contributed by atoms with Crippen LogP contribution in [0.25, 0.3) is 0 Å². The maximum atomic E-state index is 12.2. The first kappa shape index (κ1) is 16.7. The van der Waals surface area contributed by atoms with E-state index in [0.29, 0.717) is 13.0 Å². The number of aryl methyl sites for hydroxylation is 1. The molecule has 0 aromatic carbocycles. The number of ether oxygens (including phenoxy) is 2. The van der Waals surface area contributed by atoms with Crippen molar-refractivity contribution in [1.82, 2.24) is 9.88 Å². The van der Waals surface area contributed by atoms with Crippen LogP contribution in [-0.4, -0.2) is 41.7 Å². The Labute approximate surface area is 123 Å². The van der Waals surface area contributed by atoms with E-state index in [0.717, 1.165) is 0 Å². The van der Waals surface area contributed by atoms with Gasteiger partial charge in [0, 0.05) is 25.4 Å². The third-order valence-electron chi connectivity index (χ3n) is 2.96. The third-order valence-corrected chi connectivity index (χ3v) is 2.96. The summed E-state index contributed by atoms with van der Waals surface area (Å²) in [6.07, 6.45) is 3.94. The molecule has 21 heavy (non-hydrogen) atoms. The van der Waals surface area contributed by atoms with Gasteiger partial charge in [-0.2, -0.15) is 0 Å². The van der Waals surface area contributed by atoms with Crippen molar-refractivity contribution < 1.29 is 23.9 Å². The fourth-order valence-corrected chi connectivity index (χ4v) is 1.90. The van der Waals surface area contributed by atoms with Gasteiger partial charge in [-0.1, -0.05) is 0 Å². The van der Waals surface area contributed by atoms with E-state index < -0.39 is 17.5 Å². The van der Waals surface area contributed by atoms with Gasteiger partial charge in [0.2, 0.25) is 11.9 Å². The molecular weight excluding hydrogens is 276 g/mol. The summed E-state index contributed by atoms with van der Waals surface area (Å²) in [5.41, 5.74) is -1.82. The van der Waals surface area contributed by atoms with Crippen LogP contribution in [0.1, 0.15) is 20.3 Å². The first-order chi connectivity index (χ1) is 10.1. The van der Waals surface area contributed by atoms with Gasteiger partial charge in [-0.15, -0.1) is 0 Å². The molecule has 1 amide bonds. The average molecular weight is 296 g/mol. The van der Waals surface area contributed by atoms with Gasteiger partial charge in [0.05, 0.1) is 13.2 Å². The van der Waals surface area contributed by atoms with Crippen molar-refractivity contribution in [3.05, 3.63) is 24.5 Å². The number of esters is 2. The monoisotopic (exact) mass is 296 g/mol.